The van der Waals surface area contributed by atoms with Crippen molar-refractivity contribution in [1.29, 1.82) is 0 Å². The highest BCUT2D eigenvalue weighted by molar-refractivity contribution is 6.04. The van der Waals surface area contributed by atoms with Crippen molar-refractivity contribution in [1.82, 2.24) is 4.90 Å². The molecule has 2 fully saturated rings. The number of nitrogens with one attached hydrogen (secondary N) is 1. The van der Waals surface area contributed by atoms with E-state index in [-0.39, 0.29) is 29.5 Å². The van der Waals surface area contributed by atoms with Gasteiger partial charge < -0.3 is 16.0 Å². The minimum atomic E-state index is -0.440. The highest BCUT2D eigenvalue weighted by Crippen LogP contribution is 2.30. The summed E-state index contributed by atoms with van der Waals surface area (Å²) in [5.41, 5.74) is 8.07. The fourth-order valence-electron chi connectivity index (χ4n) is 5.11. The van der Waals surface area contributed by atoms with Gasteiger partial charge in [-0.15, -0.1) is 0 Å². The second-order valence-electron chi connectivity index (χ2n) is 9.53. The Balaban J connectivity index is 1.44. The Bertz CT molecular complexity index is 948. The third-order valence-electron chi connectivity index (χ3n) is 7.07. The smallest absolute Gasteiger partial charge is 0.255 e. The summed E-state index contributed by atoms with van der Waals surface area (Å²) in [6.45, 7) is 0.577. The zero-order valence-corrected chi connectivity index (χ0v) is 19.1. The number of carbonyl (C=O) groups excluding carboxylic acids is 2. The highest BCUT2D eigenvalue weighted by atomic mass is 19.1. The molecule has 5 nitrogen and oxygen atoms in total. The van der Waals surface area contributed by atoms with E-state index in [4.69, 9.17) is 5.73 Å². The number of nitrogens with zero attached hydrogens (tertiary/aromatic N) is 1. The Kier molecular flexibility index (Phi) is 7.76. The van der Waals surface area contributed by atoms with E-state index in [1.165, 1.54) is 24.6 Å². The number of carbonyl (C=O) groups is 2. The fraction of sp³-hybridized carbons (Fsp3) is 0.481. The van der Waals surface area contributed by atoms with Crippen molar-refractivity contribution in [3.05, 3.63) is 65.5 Å². The molecule has 2 aliphatic carbocycles. The minimum absolute atomic E-state index is 0.138. The van der Waals surface area contributed by atoms with Gasteiger partial charge in [0.1, 0.15) is 5.82 Å². The van der Waals surface area contributed by atoms with Crippen LogP contribution in [0.2, 0.25) is 0 Å². The van der Waals surface area contributed by atoms with Gasteiger partial charge in [0.15, 0.2) is 0 Å². The van der Waals surface area contributed by atoms with Crippen molar-refractivity contribution in [2.75, 3.05) is 5.32 Å². The molecule has 2 aromatic rings. The largest absolute Gasteiger partial charge is 0.335 e. The Morgan fingerprint density at radius 2 is 1.64 bits per heavy atom. The molecule has 0 aliphatic heterocycles. The quantitative estimate of drug-likeness (QED) is 0.629. The van der Waals surface area contributed by atoms with Crippen molar-refractivity contribution >= 4 is 17.5 Å². The summed E-state index contributed by atoms with van der Waals surface area (Å²) in [5.74, 6) is -0.364. The maximum Gasteiger partial charge on any atom is 0.255 e. The first-order valence-corrected chi connectivity index (χ1v) is 12.2. The summed E-state index contributed by atoms with van der Waals surface area (Å²) in [4.78, 5) is 28.0. The van der Waals surface area contributed by atoms with Gasteiger partial charge in [-0.25, -0.2) is 4.39 Å². The molecule has 0 heterocycles. The topological polar surface area (TPSA) is 75.4 Å². The first-order chi connectivity index (χ1) is 16.0. The van der Waals surface area contributed by atoms with Crippen molar-refractivity contribution in [2.45, 2.75) is 76.4 Å². The second-order valence-corrected chi connectivity index (χ2v) is 9.53. The molecular formula is C27H34FN3O2. The van der Waals surface area contributed by atoms with Crippen molar-refractivity contribution in [2.24, 2.45) is 11.7 Å². The van der Waals surface area contributed by atoms with E-state index in [9.17, 15) is 14.0 Å². The van der Waals surface area contributed by atoms with Crippen LogP contribution in [0.1, 0.15) is 73.7 Å². The maximum absolute atomic E-state index is 13.5. The molecule has 33 heavy (non-hydrogen) atoms. The van der Waals surface area contributed by atoms with E-state index in [0.29, 0.717) is 18.1 Å². The number of benzene rings is 2. The average Bonchev–Trinajstić information content (AvgIpc) is 2.84. The van der Waals surface area contributed by atoms with Crippen LogP contribution in [-0.2, 0) is 11.3 Å². The normalized spacial score (nSPS) is 21.4. The van der Waals surface area contributed by atoms with Gasteiger partial charge in [-0.2, -0.15) is 0 Å². The first kappa shape index (κ1) is 23.4. The monoisotopic (exact) mass is 451 g/mol. The molecule has 0 spiro atoms. The lowest BCUT2D eigenvalue weighted by Gasteiger charge is -2.39. The predicted molar refractivity (Wildman–Crippen MR) is 128 cm³/mol. The van der Waals surface area contributed by atoms with E-state index in [1.54, 1.807) is 6.07 Å². The molecule has 2 saturated carbocycles. The van der Waals surface area contributed by atoms with Crippen LogP contribution >= 0.6 is 0 Å². The summed E-state index contributed by atoms with van der Waals surface area (Å²) < 4.78 is 13.4. The van der Waals surface area contributed by atoms with Crippen molar-refractivity contribution < 1.29 is 14.0 Å². The molecule has 0 saturated heterocycles. The van der Waals surface area contributed by atoms with E-state index in [0.717, 1.165) is 56.9 Å². The lowest BCUT2D eigenvalue weighted by atomic mass is 9.85. The Labute approximate surface area is 195 Å². The number of nitrogens with two attached hydrogens (primary N) is 1. The zero-order chi connectivity index (χ0) is 23.2. The lowest BCUT2D eigenvalue weighted by Crippen LogP contribution is -2.46. The van der Waals surface area contributed by atoms with Crippen LogP contribution < -0.4 is 11.1 Å². The SMILES string of the molecule is NC1CCC(N(Cc2ccc(NC(=O)c3cccc(F)c3)cc2)C(=O)C2CCCCC2)CC1. The van der Waals surface area contributed by atoms with Gasteiger partial charge in [-0.05, 0) is 74.4 Å². The summed E-state index contributed by atoms with van der Waals surface area (Å²) in [6.07, 6.45) is 9.33. The molecule has 3 N–H and O–H groups in total. The Hall–Kier alpha value is -2.73. The zero-order valence-electron chi connectivity index (χ0n) is 19.1. The molecule has 0 aromatic heterocycles. The summed E-state index contributed by atoms with van der Waals surface area (Å²) in [7, 11) is 0. The van der Waals surface area contributed by atoms with Crippen molar-refractivity contribution in [3.63, 3.8) is 0 Å². The summed E-state index contributed by atoms with van der Waals surface area (Å²) >= 11 is 0. The highest BCUT2D eigenvalue weighted by Gasteiger charge is 2.32. The van der Waals surface area contributed by atoms with Crippen LogP contribution in [-0.4, -0.2) is 28.8 Å². The van der Waals surface area contributed by atoms with Gasteiger partial charge in [0.25, 0.3) is 5.91 Å². The van der Waals surface area contributed by atoms with Crippen LogP contribution in [0.4, 0.5) is 10.1 Å². The Morgan fingerprint density at radius 3 is 2.30 bits per heavy atom. The van der Waals surface area contributed by atoms with Gasteiger partial charge in [0, 0.05) is 35.8 Å². The molecule has 0 bridgehead atoms. The second kappa shape index (κ2) is 10.9. The number of hydrogen-bond donors (Lipinski definition) is 2. The van der Waals surface area contributed by atoms with E-state index in [1.807, 2.05) is 24.3 Å². The van der Waals surface area contributed by atoms with Gasteiger partial charge in [0.2, 0.25) is 5.91 Å². The lowest BCUT2D eigenvalue weighted by molar-refractivity contribution is -0.140. The molecule has 4 rings (SSSR count). The first-order valence-electron chi connectivity index (χ1n) is 12.2. The average molecular weight is 452 g/mol. The summed E-state index contributed by atoms with van der Waals surface area (Å²) in [6, 6.07) is 13.7. The molecule has 2 amide bonds. The molecule has 2 aliphatic rings. The van der Waals surface area contributed by atoms with E-state index < -0.39 is 5.82 Å². The number of rotatable bonds is 6. The minimum Gasteiger partial charge on any atom is -0.335 e. The van der Waals surface area contributed by atoms with Crippen LogP contribution in [0.3, 0.4) is 0 Å². The number of anilines is 1. The van der Waals surface area contributed by atoms with Crippen molar-refractivity contribution in [3.8, 4) is 0 Å². The molecule has 0 radical (unpaired) electrons. The van der Waals surface area contributed by atoms with Crippen LogP contribution in [0.5, 0.6) is 0 Å². The van der Waals surface area contributed by atoms with Gasteiger partial charge in [0.05, 0.1) is 0 Å². The molecule has 6 heteroatoms. The fourth-order valence-corrected chi connectivity index (χ4v) is 5.11. The van der Waals surface area contributed by atoms with Gasteiger partial charge in [-0.1, -0.05) is 37.5 Å². The maximum atomic E-state index is 13.5. The van der Waals surface area contributed by atoms with E-state index >= 15 is 0 Å². The third kappa shape index (κ3) is 6.20. The number of amides is 2. The number of hydrogen-bond acceptors (Lipinski definition) is 3. The van der Waals surface area contributed by atoms with Crippen LogP contribution in [0, 0.1) is 11.7 Å². The standard InChI is InChI=1S/C27H34FN3O2/c28-22-8-4-7-21(17-22)26(32)30-24-13-9-19(10-14-24)18-31(25-15-11-23(29)12-16-25)27(33)20-5-2-1-3-6-20/h4,7-10,13-14,17,20,23,25H,1-3,5-6,11-12,15-16,18,29H2,(H,30,32). The predicted octanol–water partition coefficient (Wildman–Crippen LogP) is 5.26. The third-order valence-corrected chi connectivity index (χ3v) is 7.07. The Morgan fingerprint density at radius 1 is 0.939 bits per heavy atom. The molecule has 2 aromatic carbocycles. The molecule has 0 atom stereocenters. The van der Waals surface area contributed by atoms with Gasteiger partial charge in [-0.3, -0.25) is 9.59 Å². The van der Waals surface area contributed by atoms with Gasteiger partial charge >= 0.3 is 0 Å². The molecule has 176 valence electrons. The number of halogens is 1. The van der Waals surface area contributed by atoms with Crippen LogP contribution in [0.15, 0.2) is 48.5 Å². The molecular weight excluding hydrogens is 417 g/mol. The van der Waals surface area contributed by atoms with Crippen LogP contribution in [0.25, 0.3) is 0 Å². The van der Waals surface area contributed by atoms with E-state index in [2.05, 4.69) is 10.2 Å². The summed E-state index contributed by atoms with van der Waals surface area (Å²) in [5, 5.41) is 2.81. The molecule has 0 unspecified atom stereocenters.